The quantitative estimate of drug-likeness (QED) is 0.353. The fraction of sp³-hybridized carbons (Fsp3) is 0.606. The average Bonchev–Trinajstić information content (AvgIpc) is 3.43. The Morgan fingerprint density at radius 2 is 1.80 bits per heavy atom. The molecule has 7 rings (SSSR count). The number of likely N-dealkylation sites (tertiary alicyclic amines) is 1. The monoisotopic (exact) mass is 643 g/mol. The molecular weight excluding hydrogens is 604 g/mol. The number of aliphatic hydroxyl groups is 1. The SMILES string of the molecule is CC1(C)CCC2(CC1)N[C@@H](C(=O)NC1CCC(N3CC(O)C3)CC1)[C@H](c1ccnc(Cl)c1F)[C@]21C(=O)Nc2cc(Cl)ccc21. The van der Waals surface area contributed by atoms with Crippen LogP contribution in [0.25, 0.3) is 0 Å². The number of anilines is 1. The van der Waals surface area contributed by atoms with Crippen LogP contribution in [0.3, 0.4) is 0 Å². The van der Waals surface area contributed by atoms with Crippen LogP contribution in [-0.2, 0) is 15.0 Å². The van der Waals surface area contributed by atoms with E-state index in [4.69, 9.17) is 23.2 Å². The Bertz CT molecular complexity index is 1480. The minimum Gasteiger partial charge on any atom is -0.390 e. The van der Waals surface area contributed by atoms with Crippen LogP contribution in [0.5, 0.6) is 0 Å². The Balaban J connectivity index is 1.29. The highest BCUT2D eigenvalue weighted by Crippen LogP contribution is 2.64. The highest BCUT2D eigenvalue weighted by Gasteiger charge is 2.73. The number of nitrogens with zero attached hydrogens (tertiary/aromatic N) is 2. The number of nitrogens with one attached hydrogen (secondary N) is 3. The Morgan fingerprint density at radius 3 is 2.48 bits per heavy atom. The van der Waals surface area contributed by atoms with Crippen molar-refractivity contribution in [2.24, 2.45) is 5.41 Å². The van der Waals surface area contributed by atoms with Crippen molar-refractivity contribution >= 4 is 40.7 Å². The second-order valence-corrected chi connectivity index (χ2v) is 15.2. The number of amides is 2. The van der Waals surface area contributed by atoms with Gasteiger partial charge in [0.15, 0.2) is 11.0 Å². The number of aromatic nitrogens is 1. The third kappa shape index (κ3) is 4.68. The van der Waals surface area contributed by atoms with Gasteiger partial charge in [-0.15, -0.1) is 0 Å². The van der Waals surface area contributed by atoms with Crippen LogP contribution in [0.4, 0.5) is 10.1 Å². The van der Waals surface area contributed by atoms with E-state index >= 15 is 4.39 Å². The maximum absolute atomic E-state index is 16.1. The molecule has 11 heteroatoms. The molecule has 44 heavy (non-hydrogen) atoms. The number of β-amino-alcohol motifs (C(OH)–C–C–N with tert-alkyl or cyclic N) is 1. The first-order valence-electron chi connectivity index (χ1n) is 15.9. The first kappa shape index (κ1) is 30.4. The van der Waals surface area contributed by atoms with Crippen LogP contribution >= 0.6 is 23.2 Å². The minimum absolute atomic E-state index is 0.0282. The van der Waals surface area contributed by atoms with Gasteiger partial charge in [-0.05, 0) is 86.1 Å². The fourth-order valence-corrected chi connectivity index (χ4v) is 9.33. The van der Waals surface area contributed by atoms with Crippen molar-refractivity contribution in [3.8, 4) is 0 Å². The number of hydrogen-bond acceptors (Lipinski definition) is 6. The maximum atomic E-state index is 16.1. The molecule has 0 radical (unpaired) electrons. The van der Waals surface area contributed by atoms with Gasteiger partial charge in [-0.3, -0.25) is 19.8 Å². The van der Waals surface area contributed by atoms with E-state index in [0.717, 1.165) is 44.1 Å². The Labute approximate surface area is 267 Å². The van der Waals surface area contributed by atoms with Gasteiger partial charge < -0.3 is 15.7 Å². The highest BCUT2D eigenvalue weighted by molar-refractivity contribution is 6.31. The van der Waals surface area contributed by atoms with Crippen molar-refractivity contribution < 1.29 is 19.1 Å². The lowest BCUT2D eigenvalue weighted by Gasteiger charge is -2.50. The second kappa shape index (κ2) is 10.9. The molecule has 2 amide bonds. The number of halogens is 3. The summed E-state index contributed by atoms with van der Waals surface area (Å²) >= 11 is 12.6. The van der Waals surface area contributed by atoms with Crippen LogP contribution in [0.15, 0.2) is 30.5 Å². The van der Waals surface area contributed by atoms with Crippen LogP contribution < -0.4 is 16.0 Å². The second-order valence-electron chi connectivity index (χ2n) is 14.4. The topological polar surface area (TPSA) is 107 Å². The number of aliphatic hydroxyl groups excluding tert-OH is 1. The third-order valence-electron chi connectivity index (χ3n) is 11.4. The molecule has 0 unspecified atom stereocenters. The van der Waals surface area contributed by atoms with Gasteiger partial charge >= 0.3 is 0 Å². The van der Waals surface area contributed by atoms with E-state index in [2.05, 4.69) is 39.7 Å². The van der Waals surface area contributed by atoms with E-state index in [0.29, 0.717) is 42.7 Å². The summed E-state index contributed by atoms with van der Waals surface area (Å²) in [5.74, 6) is -2.09. The van der Waals surface area contributed by atoms with Crippen molar-refractivity contribution in [2.75, 3.05) is 18.4 Å². The molecule has 2 saturated heterocycles. The van der Waals surface area contributed by atoms with Crippen LogP contribution in [0, 0.1) is 11.2 Å². The van der Waals surface area contributed by atoms with Crippen LogP contribution in [0.2, 0.25) is 10.2 Å². The van der Waals surface area contributed by atoms with Crippen LogP contribution in [-0.4, -0.2) is 69.7 Å². The number of carbonyl (C=O) groups excluding carboxylic acids is 2. The first-order valence-corrected chi connectivity index (χ1v) is 16.6. The molecule has 2 saturated carbocycles. The summed E-state index contributed by atoms with van der Waals surface area (Å²) < 4.78 is 16.1. The zero-order valence-corrected chi connectivity index (χ0v) is 26.6. The minimum atomic E-state index is -1.28. The van der Waals surface area contributed by atoms with Crippen molar-refractivity contribution in [1.82, 2.24) is 20.5 Å². The van der Waals surface area contributed by atoms with Crippen molar-refractivity contribution in [3.05, 3.63) is 57.6 Å². The predicted octanol–water partition coefficient (Wildman–Crippen LogP) is 4.92. The Kier molecular flexibility index (Phi) is 7.52. The molecule has 0 bridgehead atoms. The molecule has 2 spiro atoms. The van der Waals surface area contributed by atoms with Gasteiger partial charge in [0, 0.05) is 53.5 Å². The molecule has 4 fully saturated rings. The lowest BCUT2D eigenvalue weighted by Crippen LogP contribution is -2.61. The lowest BCUT2D eigenvalue weighted by molar-refractivity contribution is -0.125. The van der Waals surface area contributed by atoms with E-state index in [9.17, 15) is 14.7 Å². The summed E-state index contributed by atoms with van der Waals surface area (Å²) in [6.45, 7) is 5.88. The number of rotatable bonds is 4. The third-order valence-corrected chi connectivity index (χ3v) is 11.9. The van der Waals surface area contributed by atoms with Gasteiger partial charge in [-0.25, -0.2) is 9.37 Å². The largest absolute Gasteiger partial charge is 0.390 e. The zero-order valence-electron chi connectivity index (χ0n) is 25.1. The molecule has 3 atom stereocenters. The van der Waals surface area contributed by atoms with E-state index in [1.165, 1.54) is 6.20 Å². The number of pyridine rings is 1. The molecule has 5 aliphatic rings. The predicted molar refractivity (Wildman–Crippen MR) is 167 cm³/mol. The van der Waals surface area contributed by atoms with Gasteiger partial charge in [0.25, 0.3) is 0 Å². The summed E-state index contributed by atoms with van der Waals surface area (Å²) in [5.41, 5.74) is -0.502. The molecule has 3 aliphatic heterocycles. The Hall–Kier alpha value is -2.30. The van der Waals surface area contributed by atoms with Crippen LogP contribution in [0.1, 0.15) is 82.3 Å². The van der Waals surface area contributed by atoms with E-state index in [1.54, 1.807) is 18.2 Å². The standard InChI is InChI=1S/C33H40Cl2FN5O3/c1-31(2)10-12-32(13-11-31)33(23-8-3-18(34)15-24(23)39-30(33)44)25(22-9-14-37-28(35)26(22)36)27(40-32)29(43)38-19-4-6-20(7-5-19)41-16-21(42)17-41/h3,8-9,14-15,19-21,25,27,40,42H,4-7,10-13,16-17H2,1-2H3,(H,38,43)(H,39,44)/t19?,20?,25-,27+,33+/m0/s1. The van der Waals surface area contributed by atoms with E-state index in [1.807, 2.05) is 6.07 Å². The summed E-state index contributed by atoms with van der Waals surface area (Å²) in [6.07, 6.45) is 7.69. The average molecular weight is 645 g/mol. The van der Waals surface area contributed by atoms with E-state index < -0.39 is 28.7 Å². The molecule has 236 valence electrons. The Morgan fingerprint density at radius 1 is 1.09 bits per heavy atom. The number of benzene rings is 1. The lowest BCUT2D eigenvalue weighted by atomic mass is 9.53. The summed E-state index contributed by atoms with van der Waals surface area (Å²) in [4.78, 5) is 35.3. The summed E-state index contributed by atoms with van der Waals surface area (Å²) in [6, 6.07) is 6.42. The van der Waals surface area contributed by atoms with Gasteiger partial charge in [0.1, 0.15) is 5.41 Å². The molecule has 8 nitrogen and oxygen atoms in total. The maximum Gasteiger partial charge on any atom is 0.238 e. The molecule has 4 N–H and O–H groups in total. The summed E-state index contributed by atoms with van der Waals surface area (Å²) in [7, 11) is 0. The first-order chi connectivity index (χ1) is 20.9. The molecule has 4 heterocycles. The highest BCUT2D eigenvalue weighted by atomic mass is 35.5. The van der Waals surface area contributed by atoms with E-state index in [-0.39, 0.29) is 40.1 Å². The molecular formula is C33H40Cl2FN5O3. The van der Waals surface area contributed by atoms with Gasteiger partial charge in [-0.2, -0.15) is 0 Å². The summed E-state index contributed by atoms with van der Waals surface area (Å²) in [5, 5.41) is 20.0. The normalized spacial score (nSPS) is 32.8. The smallest absolute Gasteiger partial charge is 0.238 e. The van der Waals surface area contributed by atoms with Crippen molar-refractivity contribution in [1.29, 1.82) is 0 Å². The van der Waals surface area contributed by atoms with Crippen molar-refractivity contribution in [3.63, 3.8) is 0 Å². The number of hydrogen-bond donors (Lipinski definition) is 4. The van der Waals surface area contributed by atoms with Gasteiger partial charge in [0.2, 0.25) is 11.8 Å². The molecule has 1 aromatic heterocycles. The van der Waals surface area contributed by atoms with Gasteiger partial charge in [-0.1, -0.05) is 43.1 Å². The number of carbonyl (C=O) groups is 2. The molecule has 2 aliphatic carbocycles. The van der Waals surface area contributed by atoms with Crippen molar-refractivity contribution in [2.45, 2.75) is 106 Å². The number of fused-ring (bicyclic) bond motifs is 3. The molecule has 1 aromatic carbocycles. The molecule has 2 aromatic rings. The zero-order chi connectivity index (χ0) is 31.0. The fourth-order valence-electron chi connectivity index (χ4n) is 8.99. The van der Waals surface area contributed by atoms with Gasteiger partial charge in [0.05, 0.1) is 12.1 Å².